The molecule has 1 unspecified atom stereocenters. The fraction of sp³-hybridized carbons (Fsp3) is 0.231. The molecule has 1 aromatic heterocycles. The van der Waals surface area contributed by atoms with Crippen LogP contribution in [0.15, 0.2) is 39.2 Å². The van der Waals surface area contributed by atoms with Crippen LogP contribution in [0.4, 0.5) is 0 Å². The maximum atomic E-state index is 9.28. The van der Waals surface area contributed by atoms with E-state index in [2.05, 4.69) is 15.9 Å². The highest BCUT2D eigenvalue weighted by Gasteiger charge is 2.06. The summed E-state index contributed by atoms with van der Waals surface area (Å²) in [5.41, 5.74) is 1.80. The minimum atomic E-state index is -0.458. The number of hydrogen-bond acceptors (Lipinski definition) is 2. The zero-order valence-corrected chi connectivity index (χ0v) is 10.8. The van der Waals surface area contributed by atoms with E-state index in [1.165, 1.54) is 0 Å². The van der Waals surface area contributed by atoms with E-state index in [1.807, 2.05) is 31.2 Å². The third-order valence-corrected chi connectivity index (χ3v) is 2.85. The van der Waals surface area contributed by atoms with Gasteiger partial charge in [-0.25, -0.2) is 0 Å². The van der Waals surface area contributed by atoms with E-state index in [9.17, 15) is 5.11 Å². The van der Waals surface area contributed by atoms with Gasteiger partial charge in [-0.05, 0) is 49.8 Å². The molecule has 3 heteroatoms. The van der Waals surface area contributed by atoms with Crippen molar-refractivity contribution in [1.29, 1.82) is 0 Å². The number of hydrogen-bond donors (Lipinski definition) is 1. The van der Waals surface area contributed by atoms with Gasteiger partial charge in [-0.2, -0.15) is 0 Å². The van der Waals surface area contributed by atoms with Crippen LogP contribution in [0, 0.1) is 0 Å². The van der Waals surface area contributed by atoms with E-state index in [1.54, 1.807) is 13.0 Å². The fourth-order valence-electron chi connectivity index (χ4n) is 1.65. The third kappa shape index (κ3) is 2.36. The summed E-state index contributed by atoms with van der Waals surface area (Å²) in [6.45, 7) is 3.65. The van der Waals surface area contributed by atoms with Crippen LogP contribution in [0.25, 0.3) is 16.5 Å². The molecule has 0 aliphatic heterocycles. The average molecular weight is 281 g/mol. The summed E-state index contributed by atoms with van der Waals surface area (Å²) in [5, 5.41) is 10.3. The van der Waals surface area contributed by atoms with Gasteiger partial charge in [-0.3, -0.25) is 0 Å². The first-order valence-electron chi connectivity index (χ1n) is 5.12. The van der Waals surface area contributed by atoms with Crippen LogP contribution in [-0.4, -0.2) is 11.2 Å². The Morgan fingerprint density at radius 2 is 2.19 bits per heavy atom. The zero-order chi connectivity index (χ0) is 11.7. The van der Waals surface area contributed by atoms with Crippen molar-refractivity contribution >= 4 is 32.5 Å². The molecule has 2 rings (SSSR count). The SMILES string of the molecule is C/C(=C/C(C)O)c1cc2cc(Br)ccc2o1. The van der Waals surface area contributed by atoms with Gasteiger partial charge in [0, 0.05) is 9.86 Å². The molecule has 1 N–H and O–H groups in total. The Balaban J connectivity index is 2.47. The van der Waals surface area contributed by atoms with Crippen LogP contribution in [0.1, 0.15) is 19.6 Å². The molecular formula is C13H13BrO2. The number of aliphatic hydroxyl groups excluding tert-OH is 1. The van der Waals surface area contributed by atoms with Gasteiger partial charge in [-0.1, -0.05) is 15.9 Å². The molecule has 0 saturated heterocycles. The van der Waals surface area contributed by atoms with Gasteiger partial charge in [-0.15, -0.1) is 0 Å². The first-order chi connectivity index (χ1) is 7.56. The molecule has 1 heterocycles. The molecule has 0 bridgehead atoms. The predicted octanol–water partition coefficient (Wildman–Crippen LogP) is 3.98. The Bertz CT molecular complexity index is 538. The molecule has 0 aliphatic rings. The molecule has 0 radical (unpaired) electrons. The zero-order valence-electron chi connectivity index (χ0n) is 9.20. The van der Waals surface area contributed by atoms with Crippen LogP contribution in [-0.2, 0) is 0 Å². The standard InChI is InChI=1S/C13H13BrO2/c1-8(5-9(2)15)13-7-10-6-11(14)3-4-12(10)16-13/h3-7,9,15H,1-2H3/b8-5-. The Hall–Kier alpha value is -1.06. The number of furan rings is 1. The lowest BCUT2D eigenvalue weighted by molar-refractivity contribution is 0.244. The minimum absolute atomic E-state index is 0.458. The van der Waals surface area contributed by atoms with Gasteiger partial charge in [0.15, 0.2) is 0 Å². The molecule has 0 aliphatic carbocycles. The molecule has 0 fully saturated rings. The van der Waals surface area contributed by atoms with Crippen molar-refractivity contribution < 1.29 is 9.52 Å². The fourth-order valence-corrected chi connectivity index (χ4v) is 2.03. The van der Waals surface area contributed by atoms with Gasteiger partial charge >= 0.3 is 0 Å². The average Bonchev–Trinajstić information content (AvgIpc) is 2.59. The highest BCUT2D eigenvalue weighted by molar-refractivity contribution is 9.10. The van der Waals surface area contributed by atoms with Crippen molar-refractivity contribution in [3.8, 4) is 0 Å². The van der Waals surface area contributed by atoms with Crippen LogP contribution in [0.2, 0.25) is 0 Å². The lowest BCUT2D eigenvalue weighted by atomic mass is 10.1. The van der Waals surface area contributed by atoms with Crippen molar-refractivity contribution in [3.63, 3.8) is 0 Å². The Morgan fingerprint density at radius 3 is 2.88 bits per heavy atom. The van der Waals surface area contributed by atoms with E-state index >= 15 is 0 Å². The molecule has 2 nitrogen and oxygen atoms in total. The topological polar surface area (TPSA) is 33.4 Å². The highest BCUT2D eigenvalue weighted by Crippen LogP contribution is 2.27. The quantitative estimate of drug-likeness (QED) is 0.903. The second-order valence-corrected chi connectivity index (χ2v) is 4.80. The van der Waals surface area contributed by atoms with Gasteiger partial charge in [0.2, 0.25) is 0 Å². The number of halogens is 1. The smallest absolute Gasteiger partial charge is 0.134 e. The maximum Gasteiger partial charge on any atom is 0.134 e. The van der Waals surface area contributed by atoms with Gasteiger partial charge in [0.05, 0.1) is 6.10 Å². The molecule has 0 amide bonds. The molecule has 1 aromatic carbocycles. The van der Waals surface area contributed by atoms with E-state index in [0.717, 1.165) is 26.8 Å². The molecule has 1 atom stereocenters. The molecule has 16 heavy (non-hydrogen) atoms. The van der Waals surface area contributed by atoms with E-state index in [-0.39, 0.29) is 0 Å². The molecule has 2 aromatic rings. The summed E-state index contributed by atoms with van der Waals surface area (Å²) in [5.74, 6) is 0.800. The molecule has 0 spiro atoms. The molecule has 0 saturated carbocycles. The summed E-state index contributed by atoms with van der Waals surface area (Å²) >= 11 is 3.42. The van der Waals surface area contributed by atoms with Crippen molar-refractivity contribution in [2.24, 2.45) is 0 Å². The number of benzene rings is 1. The second kappa shape index (κ2) is 4.44. The third-order valence-electron chi connectivity index (χ3n) is 2.36. The number of aliphatic hydroxyl groups is 1. The van der Waals surface area contributed by atoms with Crippen molar-refractivity contribution in [1.82, 2.24) is 0 Å². The van der Waals surface area contributed by atoms with Crippen LogP contribution < -0.4 is 0 Å². The molecule has 84 valence electrons. The second-order valence-electron chi connectivity index (χ2n) is 3.88. The summed E-state index contributed by atoms with van der Waals surface area (Å²) in [4.78, 5) is 0. The van der Waals surface area contributed by atoms with Gasteiger partial charge < -0.3 is 9.52 Å². The van der Waals surface area contributed by atoms with Crippen LogP contribution in [0.3, 0.4) is 0 Å². The monoisotopic (exact) mass is 280 g/mol. The Labute approximate surface area is 103 Å². The summed E-state index contributed by atoms with van der Waals surface area (Å²) in [6.07, 6.45) is 1.31. The van der Waals surface area contributed by atoms with Crippen LogP contribution >= 0.6 is 15.9 Å². The van der Waals surface area contributed by atoms with Gasteiger partial charge in [0.25, 0.3) is 0 Å². The van der Waals surface area contributed by atoms with E-state index in [4.69, 9.17) is 4.42 Å². The van der Waals surface area contributed by atoms with Crippen LogP contribution in [0.5, 0.6) is 0 Å². The lowest BCUT2D eigenvalue weighted by Crippen LogP contribution is -1.93. The van der Waals surface area contributed by atoms with E-state index in [0.29, 0.717) is 0 Å². The highest BCUT2D eigenvalue weighted by atomic mass is 79.9. The number of allylic oxidation sites excluding steroid dienone is 1. The number of rotatable bonds is 2. The van der Waals surface area contributed by atoms with Crippen molar-refractivity contribution in [2.75, 3.05) is 0 Å². The predicted molar refractivity (Wildman–Crippen MR) is 69.2 cm³/mol. The normalized spacial score (nSPS) is 14.4. The first-order valence-corrected chi connectivity index (χ1v) is 5.91. The van der Waals surface area contributed by atoms with Gasteiger partial charge in [0.1, 0.15) is 11.3 Å². The summed E-state index contributed by atoms with van der Waals surface area (Å²) in [6, 6.07) is 7.87. The summed E-state index contributed by atoms with van der Waals surface area (Å²) in [7, 11) is 0. The number of fused-ring (bicyclic) bond motifs is 1. The Kier molecular flexibility index (Phi) is 3.17. The largest absolute Gasteiger partial charge is 0.456 e. The maximum absolute atomic E-state index is 9.28. The van der Waals surface area contributed by atoms with E-state index < -0.39 is 6.10 Å². The summed E-state index contributed by atoms with van der Waals surface area (Å²) < 4.78 is 6.72. The minimum Gasteiger partial charge on any atom is -0.456 e. The first kappa shape index (κ1) is 11.4. The Morgan fingerprint density at radius 1 is 1.44 bits per heavy atom. The van der Waals surface area contributed by atoms with Crippen molar-refractivity contribution in [2.45, 2.75) is 20.0 Å². The lowest BCUT2D eigenvalue weighted by Gasteiger charge is -1.98. The van der Waals surface area contributed by atoms with Crippen molar-refractivity contribution in [3.05, 3.63) is 40.6 Å². The molecular weight excluding hydrogens is 268 g/mol.